The molecule has 0 aromatic carbocycles. The first-order valence-corrected chi connectivity index (χ1v) is 10.6. The number of thioether (sulfide) groups is 1. The van der Waals surface area contributed by atoms with Crippen LogP contribution in [0.15, 0.2) is 17.4 Å². The maximum Gasteiger partial charge on any atom is 0.251 e. The number of pyridine rings is 1. The van der Waals surface area contributed by atoms with E-state index >= 15 is 0 Å². The van der Waals surface area contributed by atoms with Crippen molar-refractivity contribution in [2.45, 2.75) is 30.8 Å². The van der Waals surface area contributed by atoms with Crippen LogP contribution in [0.5, 0.6) is 0 Å². The summed E-state index contributed by atoms with van der Waals surface area (Å²) in [7, 11) is 0. The molecule has 1 aliphatic carbocycles. The third kappa shape index (κ3) is 3.80. The summed E-state index contributed by atoms with van der Waals surface area (Å²) < 4.78 is 0. The number of rotatable bonds is 5. The minimum Gasteiger partial charge on any atom is -0.365 e. The van der Waals surface area contributed by atoms with Crippen molar-refractivity contribution in [1.82, 2.24) is 15.0 Å². The smallest absolute Gasteiger partial charge is 0.251 e. The van der Waals surface area contributed by atoms with Crippen molar-refractivity contribution in [3.8, 4) is 0 Å². The molecule has 2 amide bonds. The van der Waals surface area contributed by atoms with Crippen LogP contribution < -0.4 is 11.1 Å². The average molecular weight is 422 g/mol. The zero-order valence-electron chi connectivity index (χ0n) is 14.2. The first-order valence-electron chi connectivity index (χ1n) is 8.39. The molecule has 1 aliphatic rings. The van der Waals surface area contributed by atoms with E-state index in [1.54, 1.807) is 6.07 Å². The van der Waals surface area contributed by atoms with E-state index in [0.717, 1.165) is 36.1 Å². The zero-order chi connectivity index (χ0) is 19.0. The largest absolute Gasteiger partial charge is 0.365 e. The van der Waals surface area contributed by atoms with Gasteiger partial charge in [-0.25, -0.2) is 9.97 Å². The van der Waals surface area contributed by atoms with E-state index in [9.17, 15) is 9.59 Å². The summed E-state index contributed by atoms with van der Waals surface area (Å²) in [6.07, 6.45) is 5.43. The number of amides is 2. The predicted octanol–water partition coefficient (Wildman–Crippen LogP) is 3.38. The fourth-order valence-corrected chi connectivity index (χ4v) is 5.27. The van der Waals surface area contributed by atoms with Crippen molar-refractivity contribution < 1.29 is 9.59 Å². The monoisotopic (exact) mass is 421 g/mol. The molecule has 3 aromatic heterocycles. The Morgan fingerprint density at radius 2 is 2.19 bits per heavy atom. The summed E-state index contributed by atoms with van der Waals surface area (Å²) in [6, 6.07) is 1.73. The zero-order valence-corrected chi connectivity index (χ0v) is 16.6. The number of aromatic nitrogens is 3. The van der Waals surface area contributed by atoms with Crippen LogP contribution in [0.2, 0.25) is 5.02 Å². The Morgan fingerprint density at radius 3 is 3.00 bits per heavy atom. The fourth-order valence-electron chi connectivity index (χ4n) is 3.13. The van der Waals surface area contributed by atoms with Gasteiger partial charge in [-0.05, 0) is 37.3 Å². The minimum atomic E-state index is -0.488. The van der Waals surface area contributed by atoms with Crippen molar-refractivity contribution >= 4 is 62.7 Å². The van der Waals surface area contributed by atoms with Gasteiger partial charge < -0.3 is 16.0 Å². The fraction of sp³-hybridized carbons (Fsp3) is 0.294. The highest BCUT2D eigenvalue weighted by Gasteiger charge is 2.25. The number of hydrogen-bond donors (Lipinski definition) is 3. The molecule has 0 fully saturated rings. The lowest BCUT2D eigenvalue weighted by Crippen LogP contribution is -2.19. The van der Waals surface area contributed by atoms with E-state index in [1.165, 1.54) is 29.3 Å². The Kier molecular flexibility index (Phi) is 5.07. The summed E-state index contributed by atoms with van der Waals surface area (Å²) in [4.78, 5) is 36.9. The lowest BCUT2D eigenvalue weighted by atomic mass is 9.95. The number of nitrogens with one attached hydrogen (secondary N) is 2. The molecule has 10 heteroatoms. The summed E-state index contributed by atoms with van der Waals surface area (Å²) in [6.45, 7) is 0. The van der Waals surface area contributed by atoms with Crippen LogP contribution in [0.3, 0.4) is 0 Å². The Bertz CT molecular complexity index is 1050. The number of primary amides is 1. The number of hydrogen-bond acceptors (Lipinski definition) is 6. The van der Waals surface area contributed by atoms with Crippen LogP contribution in [-0.4, -0.2) is 32.5 Å². The Morgan fingerprint density at radius 1 is 1.37 bits per heavy atom. The lowest BCUT2D eigenvalue weighted by Gasteiger charge is -2.11. The molecule has 0 saturated carbocycles. The number of H-pyrrole nitrogens is 1. The molecule has 4 rings (SSSR count). The number of anilines is 1. The predicted molar refractivity (Wildman–Crippen MR) is 108 cm³/mol. The van der Waals surface area contributed by atoms with Gasteiger partial charge in [-0.2, -0.15) is 0 Å². The quantitative estimate of drug-likeness (QED) is 0.546. The average Bonchev–Trinajstić information content (AvgIpc) is 3.19. The second-order valence-corrected chi connectivity index (χ2v) is 8.69. The molecule has 7 nitrogen and oxygen atoms in total. The van der Waals surface area contributed by atoms with Crippen molar-refractivity contribution in [3.63, 3.8) is 0 Å². The topological polar surface area (TPSA) is 114 Å². The Labute approximate surface area is 168 Å². The lowest BCUT2D eigenvalue weighted by molar-refractivity contribution is -0.113. The maximum absolute atomic E-state index is 12.4. The van der Waals surface area contributed by atoms with Crippen LogP contribution in [-0.2, 0) is 17.6 Å². The van der Waals surface area contributed by atoms with E-state index < -0.39 is 5.91 Å². The molecule has 0 spiro atoms. The number of thiophene rings is 1. The molecule has 4 N–H and O–H groups in total. The van der Waals surface area contributed by atoms with Gasteiger partial charge >= 0.3 is 0 Å². The second-order valence-electron chi connectivity index (χ2n) is 6.18. The number of halogens is 1. The SMILES string of the molecule is NC(=O)c1c(NC(=O)CSc2nc3ncc(Cl)cc3[nH]2)sc2c1CCCC2. The van der Waals surface area contributed by atoms with Crippen LogP contribution in [0.4, 0.5) is 5.00 Å². The standard InChI is InChI=1S/C17H16ClN5O2S2/c18-8-5-10-15(20-6-8)23-17(21-10)26-7-12(24)22-16-13(14(19)25)9-3-1-2-4-11(9)27-16/h5-6H,1-4,7H2,(H2,19,25)(H,22,24)(H,20,21,23). The molecule has 0 radical (unpaired) electrons. The van der Waals surface area contributed by atoms with Gasteiger partial charge in [0, 0.05) is 11.1 Å². The molecular formula is C17H16ClN5O2S2. The molecule has 0 atom stereocenters. The number of carbonyl (C=O) groups is 2. The first-order chi connectivity index (χ1) is 13.0. The molecule has 140 valence electrons. The van der Waals surface area contributed by atoms with Crippen LogP contribution in [0, 0.1) is 0 Å². The van der Waals surface area contributed by atoms with E-state index in [2.05, 4.69) is 20.3 Å². The van der Waals surface area contributed by atoms with Crippen molar-refractivity contribution in [3.05, 3.63) is 33.3 Å². The number of nitrogens with zero attached hydrogens (tertiary/aromatic N) is 2. The van der Waals surface area contributed by atoms with Gasteiger partial charge in [-0.15, -0.1) is 11.3 Å². The number of aryl methyl sites for hydroxylation is 1. The Balaban J connectivity index is 1.46. The van der Waals surface area contributed by atoms with E-state index in [-0.39, 0.29) is 11.7 Å². The van der Waals surface area contributed by atoms with Gasteiger partial charge in [0.25, 0.3) is 5.91 Å². The van der Waals surface area contributed by atoms with Crippen molar-refractivity contribution in [1.29, 1.82) is 0 Å². The summed E-state index contributed by atoms with van der Waals surface area (Å²) >= 11 is 8.62. The molecule has 0 bridgehead atoms. The van der Waals surface area contributed by atoms with Gasteiger partial charge in [0.1, 0.15) is 5.00 Å². The molecule has 3 heterocycles. The van der Waals surface area contributed by atoms with Gasteiger partial charge in [0.15, 0.2) is 10.8 Å². The maximum atomic E-state index is 12.4. The van der Waals surface area contributed by atoms with Crippen LogP contribution in [0.1, 0.15) is 33.6 Å². The molecule has 3 aromatic rings. The molecule has 27 heavy (non-hydrogen) atoms. The number of aromatic amines is 1. The highest BCUT2D eigenvalue weighted by molar-refractivity contribution is 7.99. The highest BCUT2D eigenvalue weighted by atomic mass is 35.5. The molecular weight excluding hydrogens is 406 g/mol. The number of carbonyl (C=O) groups excluding carboxylic acids is 2. The number of fused-ring (bicyclic) bond motifs is 2. The molecule has 0 aliphatic heterocycles. The highest BCUT2D eigenvalue weighted by Crippen LogP contribution is 2.38. The van der Waals surface area contributed by atoms with E-state index in [0.29, 0.717) is 31.9 Å². The molecule has 0 unspecified atom stereocenters. The minimum absolute atomic E-state index is 0.147. The van der Waals surface area contributed by atoms with Crippen LogP contribution in [0.25, 0.3) is 11.2 Å². The first kappa shape index (κ1) is 18.3. The van der Waals surface area contributed by atoms with Gasteiger partial charge in [-0.3, -0.25) is 9.59 Å². The Hall–Kier alpha value is -2.10. The third-order valence-corrected chi connectivity index (χ3v) is 6.58. The second kappa shape index (κ2) is 7.49. The summed E-state index contributed by atoms with van der Waals surface area (Å²) in [5, 5.41) is 4.49. The number of nitrogens with two attached hydrogens (primary N) is 1. The van der Waals surface area contributed by atoms with Crippen molar-refractivity contribution in [2.24, 2.45) is 5.73 Å². The normalized spacial score (nSPS) is 13.5. The van der Waals surface area contributed by atoms with Gasteiger partial charge in [-0.1, -0.05) is 23.4 Å². The van der Waals surface area contributed by atoms with Gasteiger partial charge in [0.05, 0.1) is 21.9 Å². The van der Waals surface area contributed by atoms with Crippen molar-refractivity contribution in [2.75, 3.05) is 11.1 Å². The summed E-state index contributed by atoms with van der Waals surface area (Å²) in [5.74, 6) is -0.556. The molecule has 0 saturated heterocycles. The van der Waals surface area contributed by atoms with Crippen LogP contribution >= 0.6 is 34.7 Å². The van der Waals surface area contributed by atoms with E-state index in [4.69, 9.17) is 17.3 Å². The van der Waals surface area contributed by atoms with E-state index in [1.807, 2.05) is 0 Å². The third-order valence-electron chi connectivity index (χ3n) is 4.29. The summed E-state index contributed by atoms with van der Waals surface area (Å²) in [5.41, 5.74) is 8.29. The van der Waals surface area contributed by atoms with Gasteiger partial charge in [0.2, 0.25) is 5.91 Å². The number of imidazole rings is 1.